The minimum atomic E-state index is -3.31. The molecule has 2 aromatic carbocycles. The van der Waals surface area contributed by atoms with E-state index in [-0.39, 0.29) is 41.6 Å². The summed E-state index contributed by atoms with van der Waals surface area (Å²) in [6, 6.07) is 5.66. The van der Waals surface area contributed by atoms with Crippen LogP contribution in [0.3, 0.4) is 0 Å². The highest BCUT2D eigenvalue weighted by molar-refractivity contribution is 8.07. The third-order valence-electron chi connectivity index (χ3n) is 2.59. The van der Waals surface area contributed by atoms with E-state index in [0.29, 0.717) is 0 Å². The van der Waals surface area contributed by atoms with Gasteiger partial charge in [0.25, 0.3) is 0 Å². The predicted octanol–water partition coefficient (Wildman–Crippen LogP) is 7.94. The lowest BCUT2D eigenvalue weighted by Crippen LogP contribution is -2.03. The van der Waals surface area contributed by atoms with Gasteiger partial charge in [0.05, 0.1) is 30.1 Å². The molecule has 11 heteroatoms. The molecule has 0 fully saturated rings. The highest BCUT2D eigenvalue weighted by Crippen LogP contribution is 2.53. The Labute approximate surface area is 173 Å². The summed E-state index contributed by atoms with van der Waals surface area (Å²) in [5.41, 5.74) is 0. The molecule has 0 N–H and O–H groups in total. The molecule has 2 rings (SSSR count). The lowest BCUT2D eigenvalue weighted by Gasteiger charge is -2.22. The average Bonchev–Trinajstić information content (AvgIpc) is 2.50. The van der Waals surface area contributed by atoms with E-state index >= 15 is 0 Å². The van der Waals surface area contributed by atoms with E-state index in [4.69, 9.17) is 95.0 Å². The van der Waals surface area contributed by atoms with Gasteiger partial charge in [-0.05, 0) is 12.1 Å². The summed E-state index contributed by atoms with van der Waals surface area (Å²) in [6.07, 6.45) is 0. The van der Waals surface area contributed by atoms with Gasteiger partial charge in [0.15, 0.2) is 0 Å². The standard InChI is InChI=1S/C13H7Cl6O3PS/c1-20-23(24,21-12-4-8(16)6(14)2-10(12)18)22-13-5-9(17)7(15)3-11(13)19/h2-5H,1H3. The smallest absolute Gasteiger partial charge is 0.414 e. The first-order valence-electron chi connectivity index (χ1n) is 5.99. The van der Waals surface area contributed by atoms with Gasteiger partial charge in [0, 0.05) is 31.0 Å². The van der Waals surface area contributed by atoms with Crippen LogP contribution in [0.1, 0.15) is 0 Å². The summed E-state index contributed by atoms with van der Waals surface area (Å²) in [5.74, 6) is 0.319. The lowest BCUT2D eigenvalue weighted by molar-refractivity contribution is 0.319. The largest absolute Gasteiger partial charge is 0.434 e. The molecule has 0 aliphatic heterocycles. The lowest BCUT2D eigenvalue weighted by atomic mass is 10.3. The molecule has 0 heterocycles. The first-order valence-corrected chi connectivity index (χ1v) is 10.8. The van der Waals surface area contributed by atoms with Crippen molar-refractivity contribution in [2.24, 2.45) is 0 Å². The highest BCUT2D eigenvalue weighted by Gasteiger charge is 2.26. The normalized spacial score (nSPS) is 11.5. The molecule has 0 aromatic heterocycles. The van der Waals surface area contributed by atoms with Crippen LogP contribution in [-0.4, -0.2) is 7.11 Å². The van der Waals surface area contributed by atoms with Gasteiger partial charge in [-0.2, -0.15) is 0 Å². The van der Waals surface area contributed by atoms with Crippen molar-refractivity contribution in [2.45, 2.75) is 0 Å². The van der Waals surface area contributed by atoms with Gasteiger partial charge in [0.1, 0.15) is 11.5 Å². The molecule has 0 spiro atoms. The zero-order valence-corrected chi connectivity index (χ0v) is 17.9. The molecule has 0 aliphatic carbocycles. The third kappa shape index (κ3) is 4.97. The van der Waals surface area contributed by atoms with E-state index < -0.39 is 6.72 Å². The van der Waals surface area contributed by atoms with Crippen LogP contribution in [0.25, 0.3) is 0 Å². The van der Waals surface area contributed by atoms with Gasteiger partial charge in [0.2, 0.25) is 0 Å². The third-order valence-corrected chi connectivity index (χ3v) is 6.81. The second-order valence-corrected chi connectivity index (χ2v) is 9.62. The average molecular weight is 487 g/mol. The second-order valence-electron chi connectivity index (χ2n) is 4.21. The van der Waals surface area contributed by atoms with Gasteiger partial charge < -0.3 is 9.05 Å². The number of benzene rings is 2. The van der Waals surface area contributed by atoms with Gasteiger partial charge in [-0.15, -0.1) is 0 Å². The fourth-order valence-corrected chi connectivity index (χ4v) is 4.19. The maximum Gasteiger partial charge on any atom is 0.434 e. The topological polar surface area (TPSA) is 27.7 Å². The molecule has 0 radical (unpaired) electrons. The van der Waals surface area contributed by atoms with Gasteiger partial charge in [-0.1, -0.05) is 69.6 Å². The monoisotopic (exact) mass is 484 g/mol. The van der Waals surface area contributed by atoms with E-state index in [9.17, 15) is 0 Å². The molecule has 0 aliphatic rings. The molecule has 0 atom stereocenters. The van der Waals surface area contributed by atoms with Crippen LogP contribution in [0.4, 0.5) is 0 Å². The van der Waals surface area contributed by atoms with E-state index in [1.165, 1.54) is 31.4 Å². The second kappa shape index (κ2) is 8.39. The van der Waals surface area contributed by atoms with E-state index in [1.54, 1.807) is 0 Å². The molecule has 0 saturated carbocycles. The van der Waals surface area contributed by atoms with Crippen molar-refractivity contribution in [2.75, 3.05) is 7.11 Å². The minimum absolute atomic E-state index is 0.160. The molecular formula is C13H7Cl6O3PS. The van der Waals surface area contributed by atoms with Crippen molar-refractivity contribution in [3.8, 4) is 11.5 Å². The first kappa shape index (κ1) is 20.7. The zero-order valence-electron chi connectivity index (χ0n) is 11.7. The van der Waals surface area contributed by atoms with Crippen LogP contribution in [0, 0.1) is 0 Å². The number of halogens is 6. The Morgan fingerprint density at radius 2 is 1.00 bits per heavy atom. The Hall–Kier alpha value is 0.390. The van der Waals surface area contributed by atoms with Gasteiger partial charge in [-0.3, -0.25) is 4.52 Å². The van der Waals surface area contributed by atoms with Crippen molar-refractivity contribution in [3.05, 3.63) is 54.4 Å². The minimum Gasteiger partial charge on any atom is -0.414 e. The van der Waals surface area contributed by atoms with Crippen LogP contribution in [0.5, 0.6) is 11.5 Å². The maximum absolute atomic E-state index is 6.07. The van der Waals surface area contributed by atoms with Crippen molar-refractivity contribution in [3.63, 3.8) is 0 Å². The molecule has 0 amide bonds. The molecule has 3 nitrogen and oxygen atoms in total. The summed E-state index contributed by atoms with van der Waals surface area (Å²) in [6.45, 7) is -3.31. The first-order chi connectivity index (χ1) is 11.1. The van der Waals surface area contributed by atoms with E-state index in [1.807, 2.05) is 0 Å². The van der Waals surface area contributed by atoms with Crippen LogP contribution in [0.2, 0.25) is 30.1 Å². The van der Waals surface area contributed by atoms with Gasteiger partial charge in [-0.25, -0.2) is 0 Å². The Morgan fingerprint density at radius 3 is 1.33 bits per heavy atom. The van der Waals surface area contributed by atoms with Crippen molar-refractivity contribution >= 4 is 88.1 Å². The van der Waals surface area contributed by atoms with Crippen LogP contribution >= 0.6 is 76.3 Å². The predicted molar refractivity (Wildman–Crippen MR) is 105 cm³/mol. The fourth-order valence-electron chi connectivity index (χ4n) is 1.48. The van der Waals surface area contributed by atoms with Crippen LogP contribution < -0.4 is 9.05 Å². The Kier molecular flexibility index (Phi) is 7.23. The molecule has 0 bridgehead atoms. The summed E-state index contributed by atoms with van der Waals surface area (Å²) in [4.78, 5) is 0. The van der Waals surface area contributed by atoms with Crippen molar-refractivity contribution < 1.29 is 13.6 Å². The molecular weight excluding hydrogens is 480 g/mol. The van der Waals surface area contributed by atoms with E-state index in [0.717, 1.165) is 0 Å². The van der Waals surface area contributed by atoms with Crippen LogP contribution in [-0.2, 0) is 16.3 Å². The Morgan fingerprint density at radius 1 is 0.667 bits per heavy atom. The van der Waals surface area contributed by atoms with Gasteiger partial charge >= 0.3 is 6.72 Å². The summed E-state index contributed by atoms with van der Waals surface area (Å²) < 4.78 is 16.4. The van der Waals surface area contributed by atoms with Crippen LogP contribution in [0.15, 0.2) is 24.3 Å². The highest BCUT2D eigenvalue weighted by atomic mass is 35.5. The molecule has 0 saturated heterocycles. The number of rotatable bonds is 5. The number of hydrogen-bond acceptors (Lipinski definition) is 4. The van der Waals surface area contributed by atoms with E-state index in [2.05, 4.69) is 0 Å². The SMILES string of the molecule is COP(=S)(Oc1cc(Cl)c(Cl)cc1Cl)Oc1cc(Cl)c(Cl)cc1Cl. The van der Waals surface area contributed by atoms with Crippen molar-refractivity contribution in [1.82, 2.24) is 0 Å². The maximum atomic E-state index is 6.07. The molecule has 0 unspecified atom stereocenters. The number of hydrogen-bond donors (Lipinski definition) is 0. The summed E-state index contributed by atoms with van der Waals surface area (Å²) in [5, 5.41) is 1.41. The Bertz CT molecular complexity index is 768. The fraction of sp³-hybridized carbons (Fsp3) is 0.0769. The zero-order chi connectivity index (χ0) is 18.1. The molecule has 130 valence electrons. The molecule has 2 aromatic rings. The Balaban J connectivity index is 2.35. The summed E-state index contributed by atoms with van der Waals surface area (Å²) >= 11 is 41.1. The summed E-state index contributed by atoms with van der Waals surface area (Å²) in [7, 11) is 1.33. The van der Waals surface area contributed by atoms with Crippen molar-refractivity contribution in [1.29, 1.82) is 0 Å². The quantitative estimate of drug-likeness (QED) is 0.317. The molecule has 24 heavy (non-hydrogen) atoms.